The largest absolute Gasteiger partial charge is 0.480 e. The number of thiol groups is 1. The lowest BCUT2D eigenvalue weighted by Crippen LogP contribution is -2.59. The molecule has 0 fully saturated rings. The van der Waals surface area contributed by atoms with E-state index in [1.54, 1.807) is 0 Å². The van der Waals surface area contributed by atoms with Crippen molar-refractivity contribution in [2.75, 3.05) is 19.0 Å². The summed E-state index contributed by atoms with van der Waals surface area (Å²) in [7, 11) is 0. The van der Waals surface area contributed by atoms with Crippen molar-refractivity contribution in [2.24, 2.45) is 11.5 Å². The normalized spacial score (nSPS) is 15.0. The van der Waals surface area contributed by atoms with E-state index in [0.717, 1.165) is 0 Å². The summed E-state index contributed by atoms with van der Waals surface area (Å²) in [5, 5.41) is 33.2. The molecule has 27 heavy (non-hydrogen) atoms. The zero-order valence-corrected chi connectivity index (χ0v) is 15.0. The second-order valence-electron chi connectivity index (χ2n) is 5.35. The van der Waals surface area contributed by atoms with Crippen molar-refractivity contribution in [3.63, 3.8) is 0 Å². The topological polar surface area (TPSA) is 234 Å². The van der Waals surface area contributed by atoms with E-state index in [4.69, 9.17) is 21.7 Å². The van der Waals surface area contributed by atoms with Gasteiger partial charge in [-0.3, -0.25) is 19.2 Å². The number of amides is 4. The second-order valence-corrected chi connectivity index (χ2v) is 5.71. The van der Waals surface area contributed by atoms with Gasteiger partial charge in [0.2, 0.25) is 23.6 Å². The third-order valence-electron chi connectivity index (χ3n) is 3.18. The van der Waals surface area contributed by atoms with Crippen molar-refractivity contribution >= 4 is 42.2 Å². The van der Waals surface area contributed by atoms with Crippen LogP contribution in [0.25, 0.3) is 0 Å². The minimum atomic E-state index is -1.61. The Hall–Kier alpha value is -2.42. The van der Waals surface area contributed by atoms with Crippen LogP contribution in [0.5, 0.6) is 0 Å². The summed E-state index contributed by atoms with van der Waals surface area (Å²) in [6.45, 7) is -1.53. The van der Waals surface area contributed by atoms with Gasteiger partial charge in [0.1, 0.15) is 24.2 Å². The van der Waals surface area contributed by atoms with Crippen LogP contribution in [-0.4, -0.2) is 88.1 Å². The molecule has 0 aromatic rings. The van der Waals surface area contributed by atoms with Crippen molar-refractivity contribution in [3.8, 4) is 0 Å². The molecule has 0 aliphatic carbocycles. The zero-order valence-electron chi connectivity index (χ0n) is 14.1. The van der Waals surface area contributed by atoms with Gasteiger partial charge < -0.3 is 42.7 Å². The third kappa shape index (κ3) is 8.67. The highest BCUT2D eigenvalue weighted by molar-refractivity contribution is 7.80. The van der Waals surface area contributed by atoms with Gasteiger partial charge in [0, 0.05) is 5.75 Å². The van der Waals surface area contributed by atoms with Gasteiger partial charge in [-0.1, -0.05) is 0 Å². The van der Waals surface area contributed by atoms with E-state index < -0.39 is 73.4 Å². The van der Waals surface area contributed by atoms with Gasteiger partial charge in [0.25, 0.3) is 0 Å². The van der Waals surface area contributed by atoms with Crippen molar-refractivity contribution in [3.05, 3.63) is 0 Å². The minimum Gasteiger partial charge on any atom is -0.480 e. The molecule has 0 aromatic heterocycles. The van der Waals surface area contributed by atoms with Gasteiger partial charge in [-0.05, 0) is 0 Å². The highest BCUT2D eigenvalue weighted by Crippen LogP contribution is 1.97. The number of rotatable bonds is 12. The number of carbonyl (C=O) groups excluding carboxylic acids is 4. The monoisotopic (exact) mass is 409 g/mol. The fraction of sp³-hybridized carbons (Fsp3) is 0.615. The molecule has 0 bridgehead atoms. The SMILES string of the molecule is NC(=O)CC(NC(=O)C(CS)NC(=O)C(CO)NC(=O)C(N)CO)C(=O)O. The number of aliphatic hydroxyl groups is 2. The molecule has 10 N–H and O–H groups in total. The molecule has 0 saturated heterocycles. The molecule has 4 amide bonds. The Balaban J connectivity index is 4.98. The predicted octanol–water partition coefficient (Wildman–Crippen LogP) is -5.36. The Kier molecular flexibility index (Phi) is 11.0. The van der Waals surface area contributed by atoms with Crippen LogP contribution in [-0.2, 0) is 24.0 Å². The summed E-state index contributed by atoms with van der Waals surface area (Å²) in [6, 6.07) is -5.75. The molecule has 0 aromatic carbocycles. The lowest BCUT2D eigenvalue weighted by molar-refractivity contribution is -0.143. The number of nitrogens with one attached hydrogen (secondary N) is 3. The van der Waals surface area contributed by atoms with E-state index in [1.165, 1.54) is 0 Å². The predicted molar refractivity (Wildman–Crippen MR) is 93.2 cm³/mol. The molecule has 0 aliphatic heterocycles. The number of hydrogen-bond acceptors (Lipinski definition) is 9. The minimum absolute atomic E-state index is 0.261. The molecule has 13 nitrogen and oxygen atoms in total. The number of hydrogen-bond donors (Lipinski definition) is 9. The van der Waals surface area contributed by atoms with Crippen LogP contribution in [0, 0.1) is 0 Å². The maximum absolute atomic E-state index is 12.1. The van der Waals surface area contributed by atoms with Crippen LogP contribution in [0.1, 0.15) is 6.42 Å². The first-order valence-electron chi connectivity index (χ1n) is 7.57. The number of primary amides is 1. The number of aliphatic hydroxyl groups excluding tert-OH is 2. The fourth-order valence-corrected chi connectivity index (χ4v) is 1.95. The van der Waals surface area contributed by atoms with E-state index in [1.807, 2.05) is 5.32 Å². The number of nitrogens with two attached hydrogens (primary N) is 2. The lowest BCUT2D eigenvalue weighted by atomic mass is 10.1. The van der Waals surface area contributed by atoms with E-state index in [0.29, 0.717) is 0 Å². The van der Waals surface area contributed by atoms with E-state index in [2.05, 4.69) is 23.3 Å². The molecule has 0 saturated carbocycles. The summed E-state index contributed by atoms with van der Waals surface area (Å²) in [6.07, 6.45) is -0.664. The van der Waals surface area contributed by atoms with E-state index in [9.17, 15) is 29.1 Å². The Morgan fingerprint density at radius 1 is 0.852 bits per heavy atom. The maximum Gasteiger partial charge on any atom is 0.326 e. The smallest absolute Gasteiger partial charge is 0.326 e. The molecule has 0 rings (SSSR count). The van der Waals surface area contributed by atoms with Crippen molar-refractivity contribution in [2.45, 2.75) is 30.6 Å². The second kappa shape index (κ2) is 12.1. The molecule has 4 unspecified atom stereocenters. The highest BCUT2D eigenvalue weighted by atomic mass is 32.1. The summed E-state index contributed by atoms with van der Waals surface area (Å²) in [5.41, 5.74) is 10.2. The van der Waals surface area contributed by atoms with Crippen LogP contribution >= 0.6 is 12.6 Å². The van der Waals surface area contributed by atoms with Crippen molar-refractivity contribution in [1.29, 1.82) is 0 Å². The van der Waals surface area contributed by atoms with Gasteiger partial charge in [-0.2, -0.15) is 12.6 Å². The Bertz CT molecular complexity index is 575. The summed E-state index contributed by atoms with van der Waals surface area (Å²) in [5.74, 6) is -5.59. The maximum atomic E-state index is 12.1. The average Bonchev–Trinajstić information content (AvgIpc) is 2.61. The van der Waals surface area contributed by atoms with Crippen LogP contribution < -0.4 is 27.4 Å². The Labute approximate surface area is 159 Å². The van der Waals surface area contributed by atoms with Gasteiger partial charge >= 0.3 is 5.97 Å². The molecular weight excluding hydrogens is 386 g/mol. The van der Waals surface area contributed by atoms with E-state index >= 15 is 0 Å². The average molecular weight is 409 g/mol. The molecule has 0 radical (unpaired) electrons. The van der Waals surface area contributed by atoms with E-state index in [-0.39, 0.29) is 5.75 Å². The molecule has 0 heterocycles. The third-order valence-corrected chi connectivity index (χ3v) is 3.55. The lowest BCUT2D eigenvalue weighted by Gasteiger charge is -2.23. The molecule has 0 spiro atoms. The molecule has 154 valence electrons. The summed E-state index contributed by atoms with van der Waals surface area (Å²) >= 11 is 3.87. The molecule has 0 aliphatic rings. The Morgan fingerprint density at radius 3 is 1.74 bits per heavy atom. The van der Waals surface area contributed by atoms with Crippen LogP contribution in [0.2, 0.25) is 0 Å². The highest BCUT2D eigenvalue weighted by Gasteiger charge is 2.29. The molecule has 4 atom stereocenters. The Morgan fingerprint density at radius 2 is 1.33 bits per heavy atom. The summed E-state index contributed by atoms with van der Waals surface area (Å²) in [4.78, 5) is 57.6. The molecular formula is C13H23N5O8S. The van der Waals surface area contributed by atoms with Crippen LogP contribution in [0.15, 0.2) is 0 Å². The number of aliphatic carboxylic acids is 1. The first-order chi connectivity index (χ1) is 12.6. The van der Waals surface area contributed by atoms with Crippen LogP contribution in [0.3, 0.4) is 0 Å². The van der Waals surface area contributed by atoms with Crippen molar-refractivity contribution in [1.82, 2.24) is 16.0 Å². The first kappa shape index (κ1) is 24.6. The number of carboxylic acids is 1. The molecule has 14 heteroatoms. The van der Waals surface area contributed by atoms with Gasteiger partial charge in [0.05, 0.1) is 19.6 Å². The fourth-order valence-electron chi connectivity index (χ4n) is 1.70. The van der Waals surface area contributed by atoms with Crippen LogP contribution in [0.4, 0.5) is 0 Å². The quantitative estimate of drug-likeness (QED) is 0.140. The van der Waals surface area contributed by atoms with Gasteiger partial charge in [-0.25, -0.2) is 4.79 Å². The number of carboxylic acid groups (broad SMARTS) is 1. The summed E-state index contributed by atoms with van der Waals surface area (Å²) < 4.78 is 0. The number of carbonyl (C=O) groups is 5. The first-order valence-corrected chi connectivity index (χ1v) is 8.20. The van der Waals surface area contributed by atoms with Gasteiger partial charge in [-0.15, -0.1) is 0 Å². The standard InChI is InChI=1S/C13H23N5O8S/c14-5(2-19)10(22)17-7(3-20)11(23)18-8(4-27)12(24)16-6(13(25)26)1-9(15)21/h5-8,19-20,27H,1-4,14H2,(H2,15,21)(H,16,24)(H,17,22)(H,18,23)(H,25,26). The van der Waals surface area contributed by atoms with Crippen molar-refractivity contribution < 1.29 is 39.3 Å². The van der Waals surface area contributed by atoms with Gasteiger partial charge in [0.15, 0.2) is 0 Å². The zero-order chi connectivity index (χ0) is 21.1.